The lowest BCUT2D eigenvalue weighted by molar-refractivity contribution is 0.0469. The Morgan fingerprint density at radius 1 is 0.972 bits per heavy atom. The van der Waals surface area contributed by atoms with Crippen LogP contribution < -0.4 is 15.3 Å². The number of hydrogen-bond donors (Lipinski definition) is 0. The van der Waals surface area contributed by atoms with Crippen LogP contribution in [0.2, 0.25) is 0 Å². The molecule has 4 rings (SSSR count). The molecule has 3 aromatic carbocycles. The minimum Gasteiger partial charge on any atom is -0.496 e. The largest absolute Gasteiger partial charge is 0.496 e. The van der Waals surface area contributed by atoms with Gasteiger partial charge in [-0.05, 0) is 40.3 Å². The van der Waals surface area contributed by atoms with Gasteiger partial charge in [-0.15, -0.1) is 4.68 Å². The molecule has 0 atom stereocenters. The first-order valence-electron chi connectivity index (χ1n) is 10.5. The highest BCUT2D eigenvalue weighted by molar-refractivity contribution is 5.96. The summed E-state index contributed by atoms with van der Waals surface area (Å²) in [5, 5.41) is 6.87. The van der Waals surface area contributed by atoms with Crippen LogP contribution in [0.4, 0.5) is 19.3 Å². The second-order valence-electron chi connectivity index (χ2n) is 7.44. The number of carbonyl (C=O) groups excluding carboxylic acids is 2. The molecule has 1 heterocycles. The van der Waals surface area contributed by atoms with Crippen LogP contribution in [0.3, 0.4) is 0 Å². The Kier molecular flexibility index (Phi) is 6.86. The van der Waals surface area contributed by atoms with E-state index in [0.29, 0.717) is 9.36 Å². The minimum atomic E-state index is -1.18. The number of methoxy groups -OCH3 is 1. The number of amides is 1. The summed E-state index contributed by atoms with van der Waals surface area (Å²) in [5.74, 6) is -2.62. The van der Waals surface area contributed by atoms with Crippen LogP contribution in [0.5, 0.6) is 5.75 Å². The number of para-hydroxylation sites is 1. The molecule has 10 nitrogen and oxygen atoms in total. The van der Waals surface area contributed by atoms with Crippen molar-refractivity contribution < 1.29 is 27.8 Å². The summed E-state index contributed by atoms with van der Waals surface area (Å²) >= 11 is 0. The molecule has 0 aliphatic carbocycles. The van der Waals surface area contributed by atoms with Crippen molar-refractivity contribution in [3.63, 3.8) is 0 Å². The number of anilines is 1. The van der Waals surface area contributed by atoms with Crippen molar-refractivity contribution in [1.82, 2.24) is 19.8 Å². The predicted octanol–water partition coefficient (Wildman–Crippen LogP) is 3.18. The summed E-state index contributed by atoms with van der Waals surface area (Å²) in [6.07, 6.45) is 0. The third-order valence-corrected chi connectivity index (χ3v) is 5.20. The Bertz CT molecular complexity index is 1470. The van der Waals surface area contributed by atoms with Gasteiger partial charge in [-0.25, -0.2) is 23.2 Å². The molecular weight excluding hydrogens is 476 g/mol. The van der Waals surface area contributed by atoms with Gasteiger partial charge in [0.25, 0.3) is 0 Å². The van der Waals surface area contributed by atoms with E-state index in [0.717, 1.165) is 28.7 Å². The lowest BCUT2D eigenvalue weighted by Crippen LogP contribution is -2.39. The fourth-order valence-electron chi connectivity index (χ4n) is 3.31. The zero-order valence-corrected chi connectivity index (χ0v) is 19.1. The zero-order chi connectivity index (χ0) is 25.8. The molecule has 36 heavy (non-hydrogen) atoms. The number of halogens is 2. The highest BCUT2D eigenvalue weighted by Gasteiger charge is 2.24. The van der Waals surface area contributed by atoms with Crippen molar-refractivity contribution in [2.24, 2.45) is 0 Å². The summed E-state index contributed by atoms with van der Waals surface area (Å²) < 4.78 is 39.4. The molecule has 1 aromatic heterocycles. The first-order valence-corrected chi connectivity index (χ1v) is 10.5. The summed E-state index contributed by atoms with van der Waals surface area (Å²) in [7, 11) is 2.67. The van der Waals surface area contributed by atoms with Crippen molar-refractivity contribution in [2.75, 3.05) is 19.1 Å². The molecule has 0 aliphatic heterocycles. The minimum absolute atomic E-state index is 0.0597. The van der Waals surface area contributed by atoms with E-state index in [1.54, 1.807) is 0 Å². The Labute approximate surface area is 202 Å². The zero-order valence-electron chi connectivity index (χ0n) is 19.1. The van der Waals surface area contributed by atoms with Crippen molar-refractivity contribution in [2.45, 2.75) is 6.61 Å². The molecule has 0 spiro atoms. The molecule has 0 aliphatic rings. The number of hydrogen-bond acceptors (Lipinski definition) is 7. The SMILES string of the molecule is COc1cc(N(C)C(=O)n2nnn(-c3c(F)cccc3F)c2=O)ccc1C(=O)OCc1ccccc1. The quantitative estimate of drug-likeness (QED) is 0.299. The van der Waals surface area contributed by atoms with Crippen LogP contribution in [0.15, 0.2) is 71.5 Å². The van der Waals surface area contributed by atoms with Gasteiger partial charge in [-0.3, -0.25) is 4.90 Å². The monoisotopic (exact) mass is 495 g/mol. The Morgan fingerprint density at radius 2 is 1.67 bits per heavy atom. The maximum absolute atomic E-state index is 14.1. The fraction of sp³-hybridized carbons (Fsp3) is 0.125. The molecule has 184 valence electrons. The fourth-order valence-corrected chi connectivity index (χ4v) is 3.31. The summed E-state index contributed by atoms with van der Waals surface area (Å²) in [6, 6.07) is 15.4. The number of benzene rings is 3. The van der Waals surface area contributed by atoms with E-state index in [-0.39, 0.29) is 23.6 Å². The third-order valence-electron chi connectivity index (χ3n) is 5.20. The molecule has 12 heteroatoms. The van der Waals surface area contributed by atoms with Gasteiger partial charge in [0, 0.05) is 18.8 Å². The summed E-state index contributed by atoms with van der Waals surface area (Å²) in [6.45, 7) is 0.0597. The number of rotatable bonds is 6. The standard InChI is InChI=1S/C24H19F2N5O5/c1-29(23(33)31-24(34)30(27-28-31)21-18(25)9-6-10-19(21)26)16-11-12-17(20(13-16)35-2)22(32)36-14-15-7-4-3-5-8-15/h3-13H,14H2,1-2H3. The highest BCUT2D eigenvalue weighted by atomic mass is 19.1. The number of carbonyl (C=O) groups is 2. The second kappa shape index (κ2) is 10.2. The van der Waals surface area contributed by atoms with Gasteiger partial charge in [-0.2, -0.15) is 4.68 Å². The van der Waals surface area contributed by atoms with Crippen molar-refractivity contribution >= 4 is 17.7 Å². The lowest BCUT2D eigenvalue weighted by atomic mass is 10.1. The molecule has 1 amide bonds. The molecule has 0 unspecified atom stereocenters. The van der Waals surface area contributed by atoms with E-state index >= 15 is 0 Å². The first kappa shape index (κ1) is 24.3. The van der Waals surface area contributed by atoms with E-state index in [9.17, 15) is 23.2 Å². The van der Waals surface area contributed by atoms with Gasteiger partial charge < -0.3 is 9.47 Å². The van der Waals surface area contributed by atoms with Crippen molar-refractivity contribution in [3.8, 4) is 11.4 Å². The van der Waals surface area contributed by atoms with E-state index in [1.165, 1.54) is 32.4 Å². The number of aromatic nitrogens is 4. The van der Waals surface area contributed by atoms with Gasteiger partial charge in [-0.1, -0.05) is 36.4 Å². The maximum atomic E-state index is 14.1. The number of esters is 1. The molecule has 0 saturated carbocycles. The maximum Gasteiger partial charge on any atom is 0.377 e. The van der Waals surface area contributed by atoms with Gasteiger partial charge in [0.2, 0.25) is 0 Å². The highest BCUT2D eigenvalue weighted by Crippen LogP contribution is 2.26. The van der Waals surface area contributed by atoms with Gasteiger partial charge in [0.05, 0.1) is 7.11 Å². The van der Waals surface area contributed by atoms with E-state index < -0.39 is 35.0 Å². The predicted molar refractivity (Wildman–Crippen MR) is 123 cm³/mol. The molecule has 4 aromatic rings. The van der Waals surface area contributed by atoms with E-state index in [2.05, 4.69) is 10.4 Å². The number of tetrazole rings is 1. The van der Waals surface area contributed by atoms with Gasteiger partial charge in [0.15, 0.2) is 11.6 Å². The Balaban J connectivity index is 1.56. The molecule has 0 N–H and O–H groups in total. The van der Waals surface area contributed by atoms with Crippen molar-refractivity contribution in [1.29, 1.82) is 0 Å². The van der Waals surface area contributed by atoms with Crippen LogP contribution in [0, 0.1) is 11.6 Å². The molecule has 0 saturated heterocycles. The summed E-state index contributed by atoms with van der Waals surface area (Å²) in [4.78, 5) is 39.1. The molecule has 0 fully saturated rings. The lowest BCUT2D eigenvalue weighted by Gasteiger charge is -2.18. The Morgan fingerprint density at radius 3 is 2.33 bits per heavy atom. The normalized spacial score (nSPS) is 10.7. The van der Waals surface area contributed by atoms with E-state index in [4.69, 9.17) is 9.47 Å². The van der Waals surface area contributed by atoms with Crippen LogP contribution in [0.25, 0.3) is 5.69 Å². The Hall–Kier alpha value is -4.87. The smallest absolute Gasteiger partial charge is 0.377 e. The average molecular weight is 495 g/mol. The number of nitrogens with zero attached hydrogens (tertiary/aromatic N) is 5. The van der Waals surface area contributed by atoms with Crippen molar-refractivity contribution in [3.05, 3.63) is 100.0 Å². The van der Waals surface area contributed by atoms with Gasteiger partial charge in [0.1, 0.15) is 23.6 Å². The van der Waals surface area contributed by atoms with Gasteiger partial charge >= 0.3 is 17.7 Å². The third kappa shape index (κ3) is 4.69. The molecular formula is C24H19F2N5O5. The van der Waals surface area contributed by atoms with Crippen LogP contribution in [-0.2, 0) is 11.3 Å². The van der Waals surface area contributed by atoms with Crippen LogP contribution in [0.1, 0.15) is 15.9 Å². The van der Waals surface area contributed by atoms with E-state index in [1.807, 2.05) is 30.3 Å². The first-order chi connectivity index (χ1) is 17.3. The topological polar surface area (TPSA) is 109 Å². The number of ether oxygens (including phenoxy) is 2. The second-order valence-corrected chi connectivity index (χ2v) is 7.44. The summed E-state index contributed by atoms with van der Waals surface area (Å²) in [5.41, 5.74) is -0.778. The average Bonchev–Trinajstić information content (AvgIpc) is 3.27. The van der Waals surface area contributed by atoms with Crippen LogP contribution >= 0.6 is 0 Å². The molecule has 0 bridgehead atoms. The van der Waals surface area contributed by atoms with Crippen LogP contribution in [-0.4, -0.2) is 45.9 Å². The molecule has 0 radical (unpaired) electrons.